The molecule has 138 valence electrons. The van der Waals surface area contributed by atoms with Crippen LogP contribution in [0.25, 0.3) is 11.3 Å². The quantitative estimate of drug-likeness (QED) is 0.764. The van der Waals surface area contributed by atoms with Gasteiger partial charge in [0.25, 0.3) is 5.91 Å². The number of aryl methyl sites for hydroxylation is 1. The van der Waals surface area contributed by atoms with Gasteiger partial charge in [0, 0.05) is 36.4 Å². The van der Waals surface area contributed by atoms with Crippen LogP contribution in [0.5, 0.6) is 0 Å². The van der Waals surface area contributed by atoms with E-state index in [1.165, 1.54) is 0 Å². The molecule has 0 saturated heterocycles. The summed E-state index contributed by atoms with van der Waals surface area (Å²) in [4.78, 5) is 28.7. The average molecular weight is 363 g/mol. The van der Waals surface area contributed by atoms with E-state index in [1.54, 1.807) is 31.8 Å². The standard InChI is InChI=1S/C19H21N7O/c1-13-21-8-14(9-22-13)19(27)25-16-2-4-17(5-3-16)26-11-15(10-24-26)18-6-7-20-12-23-18/h6-12,16-17H,2-5H2,1H3,(H,25,27). The van der Waals surface area contributed by atoms with Gasteiger partial charge in [-0.15, -0.1) is 0 Å². The van der Waals surface area contributed by atoms with E-state index in [4.69, 9.17) is 0 Å². The lowest BCUT2D eigenvalue weighted by molar-refractivity contribution is 0.0921. The Balaban J connectivity index is 1.33. The van der Waals surface area contributed by atoms with E-state index in [2.05, 4.69) is 30.4 Å². The molecule has 1 aliphatic rings. The smallest absolute Gasteiger partial charge is 0.254 e. The average Bonchev–Trinajstić information content (AvgIpc) is 3.20. The highest BCUT2D eigenvalue weighted by molar-refractivity contribution is 5.93. The molecule has 0 spiro atoms. The summed E-state index contributed by atoms with van der Waals surface area (Å²) >= 11 is 0. The topological polar surface area (TPSA) is 98.5 Å². The minimum atomic E-state index is -0.108. The highest BCUT2D eigenvalue weighted by Crippen LogP contribution is 2.29. The second kappa shape index (κ2) is 7.61. The maximum absolute atomic E-state index is 12.3. The summed E-state index contributed by atoms with van der Waals surface area (Å²) in [5, 5.41) is 7.60. The Morgan fingerprint density at radius 3 is 2.59 bits per heavy atom. The van der Waals surface area contributed by atoms with E-state index >= 15 is 0 Å². The maximum atomic E-state index is 12.3. The van der Waals surface area contributed by atoms with Gasteiger partial charge in [0.15, 0.2) is 0 Å². The van der Waals surface area contributed by atoms with Crippen LogP contribution in [0.1, 0.15) is 47.9 Å². The first kappa shape index (κ1) is 17.3. The fourth-order valence-electron chi connectivity index (χ4n) is 3.39. The van der Waals surface area contributed by atoms with Gasteiger partial charge in [0.1, 0.15) is 12.2 Å². The molecule has 8 heteroatoms. The fraction of sp³-hybridized carbons (Fsp3) is 0.368. The molecule has 3 heterocycles. The SMILES string of the molecule is Cc1ncc(C(=O)NC2CCC(n3cc(-c4ccncn4)cn3)CC2)cn1. The summed E-state index contributed by atoms with van der Waals surface area (Å²) in [6, 6.07) is 2.39. The fourth-order valence-corrected chi connectivity index (χ4v) is 3.39. The normalized spacial score (nSPS) is 19.6. The van der Waals surface area contributed by atoms with Crippen LogP contribution in [-0.2, 0) is 0 Å². The number of hydrogen-bond acceptors (Lipinski definition) is 6. The molecular formula is C19H21N7O. The number of carbonyl (C=O) groups is 1. The Labute approximate surface area is 157 Å². The molecule has 4 rings (SSSR count). The number of aromatic nitrogens is 6. The van der Waals surface area contributed by atoms with Crippen LogP contribution in [0.2, 0.25) is 0 Å². The number of amides is 1. The third-order valence-electron chi connectivity index (χ3n) is 4.93. The van der Waals surface area contributed by atoms with Crippen molar-refractivity contribution in [1.29, 1.82) is 0 Å². The molecule has 0 atom stereocenters. The van der Waals surface area contributed by atoms with Crippen molar-refractivity contribution in [2.45, 2.75) is 44.7 Å². The number of carbonyl (C=O) groups excluding carboxylic acids is 1. The molecule has 27 heavy (non-hydrogen) atoms. The van der Waals surface area contributed by atoms with Crippen molar-refractivity contribution in [2.75, 3.05) is 0 Å². The van der Waals surface area contributed by atoms with Crippen LogP contribution in [0.3, 0.4) is 0 Å². The zero-order valence-electron chi connectivity index (χ0n) is 15.1. The number of rotatable bonds is 4. The third-order valence-corrected chi connectivity index (χ3v) is 4.93. The van der Waals surface area contributed by atoms with Crippen molar-refractivity contribution in [2.24, 2.45) is 0 Å². The molecule has 1 aliphatic carbocycles. The van der Waals surface area contributed by atoms with Crippen molar-refractivity contribution in [3.05, 3.63) is 54.8 Å². The lowest BCUT2D eigenvalue weighted by Gasteiger charge is -2.29. The molecule has 1 N–H and O–H groups in total. The van der Waals surface area contributed by atoms with Crippen molar-refractivity contribution >= 4 is 5.91 Å². The summed E-state index contributed by atoms with van der Waals surface area (Å²) in [5.74, 6) is 0.552. The minimum Gasteiger partial charge on any atom is -0.349 e. The molecular weight excluding hydrogens is 342 g/mol. The van der Waals surface area contributed by atoms with Gasteiger partial charge in [0.05, 0.1) is 23.5 Å². The third kappa shape index (κ3) is 3.99. The molecule has 0 unspecified atom stereocenters. The molecule has 1 saturated carbocycles. The molecule has 0 aliphatic heterocycles. The number of nitrogens with one attached hydrogen (secondary N) is 1. The maximum Gasteiger partial charge on any atom is 0.254 e. The van der Waals surface area contributed by atoms with Crippen molar-refractivity contribution in [3.8, 4) is 11.3 Å². The lowest BCUT2D eigenvalue weighted by atomic mass is 9.91. The first-order chi connectivity index (χ1) is 13.2. The molecule has 0 bridgehead atoms. The van der Waals surface area contributed by atoms with Crippen LogP contribution < -0.4 is 5.32 Å². The van der Waals surface area contributed by atoms with E-state index in [0.717, 1.165) is 36.9 Å². The van der Waals surface area contributed by atoms with Gasteiger partial charge in [-0.05, 0) is 38.7 Å². The largest absolute Gasteiger partial charge is 0.349 e. The summed E-state index contributed by atoms with van der Waals surface area (Å²) in [6.07, 6.45) is 14.1. The lowest BCUT2D eigenvalue weighted by Crippen LogP contribution is -2.38. The van der Waals surface area contributed by atoms with E-state index in [9.17, 15) is 4.79 Å². The second-order valence-electron chi connectivity index (χ2n) is 6.80. The Bertz CT molecular complexity index is 899. The zero-order valence-corrected chi connectivity index (χ0v) is 15.1. The summed E-state index contributed by atoms with van der Waals surface area (Å²) in [7, 11) is 0. The van der Waals surface area contributed by atoms with Gasteiger partial charge in [-0.1, -0.05) is 0 Å². The molecule has 1 amide bonds. The van der Waals surface area contributed by atoms with E-state index in [1.807, 2.05) is 23.1 Å². The Kier molecular flexibility index (Phi) is 4.86. The zero-order chi connectivity index (χ0) is 18.6. The van der Waals surface area contributed by atoms with Gasteiger partial charge in [-0.25, -0.2) is 19.9 Å². The Hall–Kier alpha value is -3.16. The highest BCUT2D eigenvalue weighted by Gasteiger charge is 2.24. The number of hydrogen-bond donors (Lipinski definition) is 1. The highest BCUT2D eigenvalue weighted by atomic mass is 16.1. The van der Waals surface area contributed by atoms with Crippen LogP contribution in [0.15, 0.2) is 43.4 Å². The van der Waals surface area contributed by atoms with Crippen LogP contribution in [0.4, 0.5) is 0 Å². The molecule has 3 aromatic heterocycles. The molecule has 0 radical (unpaired) electrons. The summed E-state index contributed by atoms with van der Waals surface area (Å²) < 4.78 is 2.02. The molecule has 0 aromatic carbocycles. The van der Waals surface area contributed by atoms with Crippen LogP contribution >= 0.6 is 0 Å². The Morgan fingerprint density at radius 2 is 1.89 bits per heavy atom. The van der Waals surface area contributed by atoms with Crippen molar-refractivity contribution < 1.29 is 4.79 Å². The van der Waals surface area contributed by atoms with Crippen LogP contribution in [-0.4, -0.2) is 41.7 Å². The first-order valence-electron chi connectivity index (χ1n) is 9.09. The predicted octanol–water partition coefficient (Wildman–Crippen LogP) is 2.35. The molecule has 1 fully saturated rings. The molecule has 8 nitrogen and oxygen atoms in total. The van der Waals surface area contributed by atoms with E-state index in [0.29, 0.717) is 17.4 Å². The Morgan fingerprint density at radius 1 is 1.11 bits per heavy atom. The van der Waals surface area contributed by atoms with E-state index in [-0.39, 0.29) is 11.9 Å². The second-order valence-corrected chi connectivity index (χ2v) is 6.80. The van der Waals surface area contributed by atoms with E-state index < -0.39 is 0 Å². The van der Waals surface area contributed by atoms with Gasteiger partial charge < -0.3 is 5.32 Å². The minimum absolute atomic E-state index is 0.108. The van der Waals surface area contributed by atoms with Gasteiger partial charge in [0.2, 0.25) is 0 Å². The molecule has 3 aromatic rings. The monoisotopic (exact) mass is 363 g/mol. The summed E-state index contributed by atoms with van der Waals surface area (Å²) in [5.41, 5.74) is 2.37. The van der Waals surface area contributed by atoms with Crippen molar-refractivity contribution in [3.63, 3.8) is 0 Å². The van der Waals surface area contributed by atoms with Gasteiger partial charge in [-0.2, -0.15) is 5.10 Å². The first-order valence-corrected chi connectivity index (χ1v) is 9.09. The van der Waals surface area contributed by atoms with Crippen molar-refractivity contribution in [1.82, 2.24) is 35.0 Å². The number of nitrogens with zero attached hydrogens (tertiary/aromatic N) is 6. The predicted molar refractivity (Wildman–Crippen MR) is 98.8 cm³/mol. The summed E-state index contributed by atoms with van der Waals surface area (Å²) in [6.45, 7) is 1.80. The van der Waals surface area contributed by atoms with Crippen LogP contribution in [0, 0.1) is 6.92 Å². The van der Waals surface area contributed by atoms with Gasteiger partial charge in [-0.3, -0.25) is 9.48 Å². The van der Waals surface area contributed by atoms with Gasteiger partial charge >= 0.3 is 0 Å².